The molecular formula is C18H19N7. The molecule has 4 rings (SSSR count). The molecule has 2 N–H and O–H groups in total. The number of hydrogen-bond acceptors (Lipinski definition) is 5. The van der Waals surface area contributed by atoms with E-state index in [9.17, 15) is 0 Å². The summed E-state index contributed by atoms with van der Waals surface area (Å²) in [6.07, 6.45) is 3.26. The highest BCUT2D eigenvalue weighted by Crippen LogP contribution is 2.20. The van der Waals surface area contributed by atoms with E-state index >= 15 is 0 Å². The van der Waals surface area contributed by atoms with Gasteiger partial charge in [0.15, 0.2) is 5.65 Å². The maximum absolute atomic E-state index is 4.70. The molecule has 0 bridgehead atoms. The molecule has 0 atom stereocenters. The number of nitrogens with one attached hydrogen (secondary N) is 2. The summed E-state index contributed by atoms with van der Waals surface area (Å²) < 4.78 is 2.05. The third kappa shape index (κ3) is 2.96. The molecule has 7 nitrogen and oxygen atoms in total. The Morgan fingerprint density at radius 2 is 1.96 bits per heavy atom. The van der Waals surface area contributed by atoms with Crippen molar-refractivity contribution in [3.05, 3.63) is 65.4 Å². The summed E-state index contributed by atoms with van der Waals surface area (Å²) >= 11 is 0. The summed E-state index contributed by atoms with van der Waals surface area (Å²) in [6.45, 7) is 5.57. The minimum atomic E-state index is 0.656. The van der Waals surface area contributed by atoms with Crippen LogP contribution in [0.5, 0.6) is 0 Å². The zero-order valence-corrected chi connectivity index (χ0v) is 14.2. The summed E-state index contributed by atoms with van der Waals surface area (Å²) in [5.41, 5.74) is 5.34. The van der Waals surface area contributed by atoms with Gasteiger partial charge >= 0.3 is 0 Å². The van der Waals surface area contributed by atoms with Crippen LogP contribution in [0.1, 0.15) is 22.5 Å². The van der Waals surface area contributed by atoms with Crippen LogP contribution in [0.15, 0.2) is 42.9 Å². The Kier molecular flexibility index (Phi) is 3.89. The lowest BCUT2D eigenvalue weighted by molar-refractivity contribution is 0.658. The van der Waals surface area contributed by atoms with Gasteiger partial charge in [-0.3, -0.25) is 9.78 Å². The average molecular weight is 333 g/mol. The van der Waals surface area contributed by atoms with Gasteiger partial charge < -0.3 is 5.32 Å². The summed E-state index contributed by atoms with van der Waals surface area (Å²) in [6, 6.07) is 10.4. The van der Waals surface area contributed by atoms with Crippen LogP contribution < -0.4 is 5.32 Å². The van der Waals surface area contributed by atoms with Crippen LogP contribution in [0.4, 0.5) is 5.82 Å². The molecule has 0 saturated carbocycles. The van der Waals surface area contributed by atoms with Crippen molar-refractivity contribution >= 4 is 16.9 Å². The van der Waals surface area contributed by atoms with Gasteiger partial charge in [0.05, 0.1) is 23.8 Å². The lowest BCUT2D eigenvalue weighted by atomic mass is 10.2. The number of fused-ring (bicyclic) bond motifs is 1. The quantitative estimate of drug-likeness (QED) is 0.587. The van der Waals surface area contributed by atoms with Gasteiger partial charge in [-0.15, -0.1) is 0 Å². The molecule has 0 saturated heterocycles. The maximum Gasteiger partial charge on any atom is 0.160 e. The topological polar surface area (TPSA) is 84.3 Å². The van der Waals surface area contributed by atoms with Crippen LogP contribution in [0.25, 0.3) is 11.0 Å². The number of hydrogen-bond donors (Lipinski definition) is 2. The van der Waals surface area contributed by atoms with Gasteiger partial charge in [0.2, 0.25) is 0 Å². The van der Waals surface area contributed by atoms with Crippen molar-refractivity contribution in [3.63, 3.8) is 0 Å². The van der Waals surface area contributed by atoms with Crippen LogP contribution >= 0.6 is 0 Å². The fraction of sp³-hybridized carbons (Fsp3) is 0.222. The molecule has 0 aliphatic heterocycles. The summed E-state index contributed by atoms with van der Waals surface area (Å²) in [7, 11) is 0. The lowest BCUT2D eigenvalue weighted by Gasteiger charge is -2.08. The van der Waals surface area contributed by atoms with Gasteiger partial charge in [0.25, 0.3) is 0 Å². The molecule has 126 valence electrons. The third-order valence-corrected chi connectivity index (χ3v) is 4.39. The Balaban J connectivity index is 1.56. The average Bonchev–Trinajstić information content (AvgIpc) is 3.20. The Morgan fingerprint density at radius 1 is 1.12 bits per heavy atom. The largest absolute Gasteiger partial charge is 0.365 e. The highest BCUT2D eigenvalue weighted by molar-refractivity contribution is 5.85. The molecule has 0 unspecified atom stereocenters. The molecule has 4 aromatic rings. The molecule has 7 heteroatoms. The number of anilines is 1. The van der Waals surface area contributed by atoms with Crippen LogP contribution in [0.3, 0.4) is 0 Å². The van der Waals surface area contributed by atoms with Crippen LogP contribution in [-0.4, -0.2) is 29.9 Å². The zero-order chi connectivity index (χ0) is 17.2. The van der Waals surface area contributed by atoms with Crippen molar-refractivity contribution in [2.45, 2.75) is 26.9 Å². The van der Waals surface area contributed by atoms with Crippen molar-refractivity contribution in [1.29, 1.82) is 0 Å². The Hall–Kier alpha value is -3.22. The number of H-pyrrole nitrogens is 1. The molecule has 25 heavy (non-hydrogen) atoms. The fourth-order valence-electron chi connectivity index (χ4n) is 2.98. The van der Waals surface area contributed by atoms with E-state index in [2.05, 4.69) is 61.4 Å². The number of benzene rings is 1. The number of nitrogens with zero attached hydrogens (tertiary/aromatic N) is 5. The molecule has 0 fully saturated rings. The maximum atomic E-state index is 4.70. The van der Waals surface area contributed by atoms with Crippen LogP contribution in [-0.2, 0) is 13.1 Å². The minimum Gasteiger partial charge on any atom is -0.365 e. The van der Waals surface area contributed by atoms with E-state index in [0.717, 1.165) is 34.8 Å². The Bertz CT molecular complexity index is 1000. The van der Waals surface area contributed by atoms with E-state index in [1.165, 1.54) is 17.5 Å². The van der Waals surface area contributed by atoms with Crippen molar-refractivity contribution in [2.75, 3.05) is 5.32 Å². The van der Waals surface area contributed by atoms with Gasteiger partial charge in [-0.1, -0.05) is 30.3 Å². The molecule has 3 aromatic heterocycles. The Morgan fingerprint density at radius 3 is 2.80 bits per heavy atom. The van der Waals surface area contributed by atoms with Gasteiger partial charge in [-0.25, -0.2) is 9.97 Å². The lowest BCUT2D eigenvalue weighted by Crippen LogP contribution is -2.06. The highest BCUT2D eigenvalue weighted by atomic mass is 15.3. The van der Waals surface area contributed by atoms with E-state index in [0.29, 0.717) is 6.54 Å². The second-order valence-corrected chi connectivity index (χ2v) is 6.00. The third-order valence-electron chi connectivity index (χ3n) is 4.39. The van der Waals surface area contributed by atoms with Crippen molar-refractivity contribution < 1.29 is 0 Å². The first kappa shape index (κ1) is 15.3. The first-order chi connectivity index (χ1) is 12.2. The van der Waals surface area contributed by atoms with Crippen molar-refractivity contribution in [3.8, 4) is 0 Å². The highest BCUT2D eigenvalue weighted by Gasteiger charge is 2.13. The zero-order valence-electron chi connectivity index (χ0n) is 14.2. The number of aryl methyl sites for hydroxylation is 1. The Labute approximate surface area is 145 Å². The standard InChI is InChI=1S/C18H19N7/c1-12-15(8-19-17-16-9-22-23-18(16)21-11-20-17)13(2)25(24-12)10-14-6-4-3-5-7-14/h3-7,9,11H,8,10H2,1-2H3,(H2,19,20,21,22,23). The SMILES string of the molecule is Cc1nn(Cc2ccccc2)c(C)c1CNc1ncnc2[nH]ncc12. The molecule has 0 spiro atoms. The van der Waals surface area contributed by atoms with Gasteiger partial charge in [0, 0.05) is 17.8 Å². The molecule has 3 heterocycles. The molecule has 1 aromatic carbocycles. The van der Waals surface area contributed by atoms with E-state index in [4.69, 9.17) is 5.10 Å². The predicted octanol–water partition coefficient (Wildman–Crippen LogP) is 2.83. The number of aromatic nitrogens is 6. The first-order valence-corrected chi connectivity index (χ1v) is 8.17. The molecule has 0 aliphatic rings. The molecule has 0 radical (unpaired) electrons. The predicted molar refractivity (Wildman–Crippen MR) is 96.3 cm³/mol. The molecular weight excluding hydrogens is 314 g/mol. The monoisotopic (exact) mass is 333 g/mol. The van der Waals surface area contributed by atoms with Gasteiger partial charge in [-0.2, -0.15) is 10.2 Å². The van der Waals surface area contributed by atoms with Crippen LogP contribution in [0.2, 0.25) is 0 Å². The molecule has 0 aliphatic carbocycles. The van der Waals surface area contributed by atoms with E-state index in [1.807, 2.05) is 13.0 Å². The second kappa shape index (κ2) is 6.35. The normalized spacial score (nSPS) is 11.1. The van der Waals surface area contributed by atoms with Gasteiger partial charge in [0.1, 0.15) is 12.1 Å². The summed E-state index contributed by atoms with van der Waals surface area (Å²) in [5.74, 6) is 0.772. The van der Waals surface area contributed by atoms with E-state index in [1.54, 1.807) is 6.20 Å². The molecule has 0 amide bonds. The van der Waals surface area contributed by atoms with E-state index in [-0.39, 0.29) is 0 Å². The summed E-state index contributed by atoms with van der Waals surface area (Å²) in [5, 5.41) is 15.8. The minimum absolute atomic E-state index is 0.656. The smallest absolute Gasteiger partial charge is 0.160 e. The fourth-order valence-corrected chi connectivity index (χ4v) is 2.98. The summed E-state index contributed by atoms with van der Waals surface area (Å²) in [4.78, 5) is 8.48. The van der Waals surface area contributed by atoms with Crippen molar-refractivity contribution in [2.24, 2.45) is 0 Å². The number of rotatable bonds is 5. The first-order valence-electron chi connectivity index (χ1n) is 8.17. The second-order valence-electron chi connectivity index (χ2n) is 6.00. The number of aromatic amines is 1. The van der Waals surface area contributed by atoms with Gasteiger partial charge in [-0.05, 0) is 19.4 Å². The van der Waals surface area contributed by atoms with Crippen molar-refractivity contribution in [1.82, 2.24) is 29.9 Å². The van der Waals surface area contributed by atoms with E-state index < -0.39 is 0 Å². The van der Waals surface area contributed by atoms with Crippen LogP contribution in [0, 0.1) is 13.8 Å².